The van der Waals surface area contributed by atoms with Crippen LogP contribution in [0.4, 0.5) is 0 Å². The van der Waals surface area contributed by atoms with E-state index in [-0.39, 0.29) is 12.3 Å². The Balaban J connectivity index is 1.38. The van der Waals surface area contributed by atoms with Crippen LogP contribution in [-0.2, 0) is 0 Å². The first-order valence-corrected chi connectivity index (χ1v) is 15.3. The number of benzene rings is 5. The lowest BCUT2D eigenvalue weighted by Gasteiger charge is -2.36. The van der Waals surface area contributed by atoms with Crippen LogP contribution in [0.3, 0.4) is 0 Å². The van der Waals surface area contributed by atoms with Gasteiger partial charge in [0.2, 0.25) is 5.96 Å². The lowest BCUT2D eigenvalue weighted by Crippen LogP contribution is -2.56. The van der Waals surface area contributed by atoms with Gasteiger partial charge < -0.3 is 9.88 Å². The number of aliphatic imine (C=N–C) groups is 1. The zero-order valence-electron chi connectivity index (χ0n) is 24.1. The maximum Gasteiger partial charge on any atom is 0.206 e. The SMILES string of the molecule is C1=CCC(C2NC(n3c4ccccc4c4ccc5c6ccccc6n(-c6ccccc6)c5c43)=NC(c3ccccc3)N2)C=C1. The van der Waals surface area contributed by atoms with E-state index in [0.29, 0.717) is 5.92 Å². The third-order valence-corrected chi connectivity index (χ3v) is 9.13. The smallest absolute Gasteiger partial charge is 0.206 e. The minimum Gasteiger partial charge on any atom is -0.340 e. The minimum absolute atomic E-state index is 0.00398. The average molecular weight is 570 g/mol. The van der Waals surface area contributed by atoms with Crippen molar-refractivity contribution in [3.63, 3.8) is 0 Å². The van der Waals surface area contributed by atoms with Gasteiger partial charge in [0.1, 0.15) is 6.17 Å². The molecule has 44 heavy (non-hydrogen) atoms. The summed E-state index contributed by atoms with van der Waals surface area (Å²) >= 11 is 0. The summed E-state index contributed by atoms with van der Waals surface area (Å²) in [5.41, 5.74) is 6.96. The molecule has 7 aromatic rings. The number of fused-ring (bicyclic) bond motifs is 7. The highest BCUT2D eigenvalue weighted by Gasteiger charge is 2.31. The molecular weight excluding hydrogens is 538 g/mol. The zero-order chi connectivity index (χ0) is 29.0. The molecule has 3 atom stereocenters. The Morgan fingerprint density at radius 2 is 1.20 bits per heavy atom. The molecule has 5 aromatic carbocycles. The van der Waals surface area contributed by atoms with Gasteiger partial charge in [-0.05, 0) is 36.2 Å². The molecule has 0 amide bonds. The Hall–Kier alpha value is -5.39. The molecule has 0 saturated carbocycles. The van der Waals surface area contributed by atoms with Crippen molar-refractivity contribution in [3.05, 3.63) is 151 Å². The Kier molecular flexibility index (Phi) is 5.78. The third kappa shape index (κ3) is 3.86. The number of para-hydroxylation sites is 3. The van der Waals surface area contributed by atoms with Gasteiger partial charge in [0.05, 0.1) is 28.2 Å². The minimum atomic E-state index is -0.188. The van der Waals surface area contributed by atoms with Crippen molar-refractivity contribution in [2.24, 2.45) is 10.9 Å². The molecule has 9 rings (SSSR count). The molecule has 2 N–H and O–H groups in total. The molecule has 0 spiro atoms. The van der Waals surface area contributed by atoms with Gasteiger partial charge in [0, 0.05) is 33.2 Å². The van der Waals surface area contributed by atoms with Crippen LogP contribution < -0.4 is 10.6 Å². The van der Waals surface area contributed by atoms with Crippen molar-refractivity contribution in [1.82, 2.24) is 19.8 Å². The summed E-state index contributed by atoms with van der Waals surface area (Å²) in [5, 5.41) is 12.6. The van der Waals surface area contributed by atoms with Gasteiger partial charge in [-0.2, -0.15) is 0 Å². The molecule has 5 heteroatoms. The summed E-state index contributed by atoms with van der Waals surface area (Å²) in [6, 6.07) is 43.3. The number of nitrogens with one attached hydrogen (secondary N) is 2. The first-order valence-electron chi connectivity index (χ1n) is 15.3. The molecule has 0 bridgehead atoms. The van der Waals surface area contributed by atoms with Crippen molar-refractivity contribution in [2.45, 2.75) is 18.8 Å². The molecule has 5 nitrogen and oxygen atoms in total. The van der Waals surface area contributed by atoms with E-state index in [1.165, 1.54) is 32.6 Å². The van der Waals surface area contributed by atoms with Crippen LogP contribution in [-0.4, -0.2) is 21.3 Å². The van der Waals surface area contributed by atoms with E-state index in [1.54, 1.807) is 0 Å². The third-order valence-electron chi connectivity index (χ3n) is 9.13. The number of rotatable bonds is 3. The largest absolute Gasteiger partial charge is 0.340 e. The predicted molar refractivity (Wildman–Crippen MR) is 182 cm³/mol. The van der Waals surface area contributed by atoms with Crippen molar-refractivity contribution in [1.29, 1.82) is 0 Å². The molecule has 2 aromatic heterocycles. The van der Waals surface area contributed by atoms with Crippen molar-refractivity contribution < 1.29 is 0 Å². The van der Waals surface area contributed by atoms with Crippen LogP contribution in [0.1, 0.15) is 18.2 Å². The second-order valence-corrected chi connectivity index (χ2v) is 11.7. The summed E-state index contributed by atoms with van der Waals surface area (Å²) in [5.74, 6) is 1.15. The standard InChI is InChI=1S/C39H31N5/c1-4-14-26(15-5-1)37-40-38(27-16-6-2-7-17-27)42-39(41-37)44-34-23-13-11-21-30(34)32-25-24-31-29-20-10-12-22-33(29)43(35(31)36(32)44)28-18-8-3-9-19-28/h1-16,18-25,27,37-38,40H,17H2,(H,41,42). The van der Waals surface area contributed by atoms with E-state index in [4.69, 9.17) is 4.99 Å². The number of allylic oxidation sites excluding steroid dienone is 3. The molecule has 0 fully saturated rings. The van der Waals surface area contributed by atoms with Gasteiger partial charge in [-0.3, -0.25) is 9.88 Å². The summed E-state index contributed by atoms with van der Waals surface area (Å²) in [7, 11) is 0. The number of nitrogens with zero attached hydrogens (tertiary/aromatic N) is 3. The molecule has 2 aliphatic rings. The number of hydrogen-bond acceptors (Lipinski definition) is 3. The lowest BCUT2D eigenvalue weighted by molar-refractivity contribution is 0.324. The Labute approximate surface area is 255 Å². The highest BCUT2D eigenvalue weighted by molar-refractivity contribution is 6.25. The topological polar surface area (TPSA) is 46.3 Å². The summed E-state index contributed by atoms with van der Waals surface area (Å²) < 4.78 is 4.79. The van der Waals surface area contributed by atoms with E-state index in [0.717, 1.165) is 34.7 Å². The second kappa shape index (κ2) is 10.1. The summed E-state index contributed by atoms with van der Waals surface area (Å²) in [4.78, 5) is 5.41. The van der Waals surface area contributed by atoms with Gasteiger partial charge in [0.25, 0.3) is 0 Å². The maximum absolute atomic E-state index is 5.41. The molecular formula is C39H31N5. The van der Waals surface area contributed by atoms with Crippen molar-refractivity contribution >= 4 is 49.6 Å². The molecule has 212 valence electrons. The van der Waals surface area contributed by atoms with Crippen LogP contribution in [0.25, 0.3) is 49.3 Å². The fourth-order valence-electron chi connectivity index (χ4n) is 7.12. The van der Waals surface area contributed by atoms with E-state index in [2.05, 4.69) is 165 Å². The van der Waals surface area contributed by atoms with Crippen LogP contribution in [0, 0.1) is 5.92 Å². The lowest BCUT2D eigenvalue weighted by atomic mass is 9.96. The molecule has 1 aliphatic heterocycles. The molecule has 1 aliphatic carbocycles. The van der Waals surface area contributed by atoms with E-state index in [1.807, 2.05) is 0 Å². The summed E-state index contributed by atoms with van der Waals surface area (Å²) in [6.07, 6.45) is 9.62. The summed E-state index contributed by atoms with van der Waals surface area (Å²) in [6.45, 7) is 0. The van der Waals surface area contributed by atoms with Gasteiger partial charge >= 0.3 is 0 Å². The number of hydrogen-bond donors (Lipinski definition) is 2. The molecule has 3 unspecified atom stereocenters. The first kappa shape index (κ1) is 25.1. The fraction of sp³-hybridized carbons (Fsp3) is 0.103. The Morgan fingerprint density at radius 1 is 0.591 bits per heavy atom. The van der Waals surface area contributed by atoms with Crippen LogP contribution in [0.2, 0.25) is 0 Å². The highest BCUT2D eigenvalue weighted by Crippen LogP contribution is 2.40. The number of aromatic nitrogens is 2. The van der Waals surface area contributed by atoms with Crippen molar-refractivity contribution in [2.75, 3.05) is 0 Å². The van der Waals surface area contributed by atoms with Crippen LogP contribution in [0.5, 0.6) is 0 Å². The first-order chi connectivity index (χ1) is 21.8. The van der Waals surface area contributed by atoms with Gasteiger partial charge in [-0.15, -0.1) is 0 Å². The molecule has 0 saturated heterocycles. The fourth-order valence-corrected chi connectivity index (χ4v) is 7.12. The van der Waals surface area contributed by atoms with Crippen LogP contribution >= 0.6 is 0 Å². The van der Waals surface area contributed by atoms with Gasteiger partial charge in [-0.25, -0.2) is 4.99 Å². The maximum atomic E-state index is 5.41. The molecule has 0 radical (unpaired) electrons. The predicted octanol–water partition coefficient (Wildman–Crippen LogP) is 8.45. The monoisotopic (exact) mass is 569 g/mol. The van der Waals surface area contributed by atoms with Gasteiger partial charge in [0.15, 0.2) is 0 Å². The van der Waals surface area contributed by atoms with Gasteiger partial charge in [-0.1, -0.05) is 121 Å². The quantitative estimate of drug-likeness (QED) is 0.224. The second-order valence-electron chi connectivity index (χ2n) is 11.7. The van der Waals surface area contributed by atoms with E-state index < -0.39 is 0 Å². The highest BCUT2D eigenvalue weighted by atomic mass is 15.4. The molecule has 3 heterocycles. The van der Waals surface area contributed by atoms with E-state index >= 15 is 0 Å². The average Bonchev–Trinajstić information content (AvgIpc) is 3.62. The normalized spacial score (nSPS) is 20.0. The van der Waals surface area contributed by atoms with Crippen molar-refractivity contribution in [3.8, 4) is 5.69 Å². The zero-order valence-corrected chi connectivity index (χ0v) is 24.1. The Morgan fingerprint density at radius 3 is 1.89 bits per heavy atom. The van der Waals surface area contributed by atoms with Crippen LogP contribution in [0.15, 0.2) is 151 Å². The Bertz CT molecular complexity index is 2270. The van der Waals surface area contributed by atoms with E-state index in [9.17, 15) is 0 Å².